The number of nitrogens with zero attached hydrogens (tertiary/aromatic N) is 1. The van der Waals surface area contributed by atoms with Gasteiger partial charge >= 0.3 is 11.9 Å². The molecular formula is C52H103NO5. The second-order valence-corrected chi connectivity index (χ2v) is 18.8. The Bertz CT molecular complexity index is 792. The molecule has 0 aliphatic heterocycles. The molecule has 0 bridgehead atoms. The number of unbranched alkanes of at least 4 members (excludes halogenated alkanes) is 20. The van der Waals surface area contributed by atoms with E-state index in [4.69, 9.17) is 9.47 Å². The third-order valence-electron chi connectivity index (χ3n) is 12.8. The van der Waals surface area contributed by atoms with Crippen LogP contribution in [0.15, 0.2) is 0 Å². The Morgan fingerprint density at radius 2 is 0.724 bits per heavy atom. The molecule has 0 atom stereocenters. The summed E-state index contributed by atoms with van der Waals surface area (Å²) in [5.74, 6) is 1.56. The highest BCUT2D eigenvalue weighted by Crippen LogP contribution is 2.25. The van der Waals surface area contributed by atoms with Crippen molar-refractivity contribution in [2.45, 2.75) is 278 Å². The molecule has 0 spiro atoms. The Hall–Kier alpha value is -1.14. The number of carbonyl (C=O) groups is 2. The second-order valence-electron chi connectivity index (χ2n) is 18.8. The summed E-state index contributed by atoms with van der Waals surface area (Å²) in [7, 11) is 0. The molecule has 0 unspecified atom stereocenters. The summed E-state index contributed by atoms with van der Waals surface area (Å²) in [6.07, 6.45) is 43.1. The molecule has 0 aromatic rings. The standard InChI is InChI=1S/C52H103NO5/c1-7-11-15-25-35-48(36-26-16-12-8-2)39-33-45-57-50(55)41-29-21-19-23-31-43-53(52(5,6)47-54)44-32-24-20-22-30-42-51(56)58-46-34-40-49(37-27-17-13-9-3)38-28-18-14-10-4/h48-49,54H,7-47H2,1-6H3. The van der Waals surface area contributed by atoms with Gasteiger partial charge in [0.25, 0.3) is 0 Å². The van der Waals surface area contributed by atoms with E-state index in [-0.39, 0.29) is 24.1 Å². The van der Waals surface area contributed by atoms with Gasteiger partial charge in [-0.15, -0.1) is 0 Å². The zero-order valence-electron chi connectivity index (χ0n) is 40.2. The van der Waals surface area contributed by atoms with Gasteiger partial charge < -0.3 is 14.6 Å². The van der Waals surface area contributed by atoms with Crippen LogP contribution in [0.2, 0.25) is 0 Å². The third-order valence-corrected chi connectivity index (χ3v) is 12.8. The van der Waals surface area contributed by atoms with Crippen molar-refractivity contribution in [2.75, 3.05) is 32.9 Å². The maximum atomic E-state index is 12.4. The predicted molar refractivity (Wildman–Crippen MR) is 251 cm³/mol. The number of hydrogen-bond donors (Lipinski definition) is 1. The van der Waals surface area contributed by atoms with Crippen LogP contribution in [0.3, 0.4) is 0 Å². The topological polar surface area (TPSA) is 76.1 Å². The van der Waals surface area contributed by atoms with Gasteiger partial charge in [0, 0.05) is 18.4 Å². The lowest BCUT2D eigenvalue weighted by Gasteiger charge is -2.37. The molecule has 58 heavy (non-hydrogen) atoms. The lowest BCUT2D eigenvalue weighted by Crippen LogP contribution is -2.47. The van der Waals surface area contributed by atoms with Gasteiger partial charge in [-0.3, -0.25) is 14.5 Å². The maximum Gasteiger partial charge on any atom is 0.305 e. The van der Waals surface area contributed by atoms with E-state index in [1.54, 1.807) is 0 Å². The number of hydrogen-bond acceptors (Lipinski definition) is 6. The molecule has 1 N–H and O–H groups in total. The van der Waals surface area contributed by atoms with Gasteiger partial charge in [-0.2, -0.15) is 0 Å². The van der Waals surface area contributed by atoms with Gasteiger partial charge in [0.1, 0.15) is 0 Å². The molecule has 346 valence electrons. The summed E-state index contributed by atoms with van der Waals surface area (Å²) in [6, 6.07) is 0. The lowest BCUT2D eigenvalue weighted by molar-refractivity contribution is -0.144. The first-order valence-electron chi connectivity index (χ1n) is 25.9. The van der Waals surface area contributed by atoms with Crippen LogP contribution in [0, 0.1) is 11.8 Å². The van der Waals surface area contributed by atoms with Gasteiger partial charge in [0.05, 0.1) is 19.8 Å². The van der Waals surface area contributed by atoms with Crippen molar-refractivity contribution in [3.8, 4) is 0 Å². The average Bonchev–Trinajstić information content (AvgIpc) is 3.22. The molecule has 0 aromatic heterocycles. The minimum absolute atomic E-state index is 0.0197. The van der Waals surface area contributed by atoms with E-state index in [1.807, 2.05) is 0 Å². The highest BCUT2D eigenvalue weighted by Gasteiger charge is 2.25. The summed E-state index contributed by atoms with van der Waals surface area (Å²) in [6.45, 7) is 16.7. The van der Waals surface area contributed by atoms with Crippen LogP contribution in [0.25, 0.3) is 0 Å². The lowest BCUT2D eigenvalue weighted by atomic mass is 9.91. The number of aliphatic hydroxyl groups excluding tert-OH is 1. The largest absolute Gasteiger partial charge is 0.466 e. The molecule has 0 aromatic carbocycles. The molecule has 0 radical (unpaired) electrons. The summed E-state index contributed by atoms with van der Waals surface area (Å²) < 4.78 is 11.3. The van der Waals surface area contributed by atoms with Crippen molar-refractivity contribution in [1.29, 1.82) is 0 Å². The van der Waals surface area contributed by atoms with Gasteiger partial charge in [-0.05, 0) is 90.1 Å². The van der Waals surface area contributed by atoms with Crippen molar-refractivity contribution >= 4 is 11.9 Å². The molecular weight excluding hydrogens is 719 g/mol. The quantitative estimate of drug-likeness (QED) is 0.0487. The van der Waals surface area contributed by atoms with Gasteiger partial charge in [0.2, 0.25) is 0 Å². The molecule has 0 aliphatic carbocycles. The van der Waals surface area contributed by atoms with Crippen LogP contribution in [0.4, 0.5) is 0 Å². The van der Waals surface area contributed by atoms with Crippen LogP contribution in [-0.4, -0.2) is 60.4 Å². The molecule has 0 saturated carbocycles. The second kappa shape index (κ2) is 42.5. The van der Waals surface area contributed by atoms with Crippen molar-refractivity contribution in [1.82, 2.24) is 4.90 Å². The number of rotatable bonds is 46. The zero-order valence-corrected chi connectivity index (χ0v) is 40.2. The summed E-state index contributed by atoms with van der Waals surface area (Å²) in [5.41, 5.74) is -0.220. The molecule has 6 heteroatoms. The molecule has 6 nitrogen and oxygen atoms in total. The predicted octanol–water partition coefficient (Wildman–Crippen LogP) is 15.5. The first-order chi connectivity index (χ1) is 28.2. The number of carbonyl (C=O) groups excluding carboxylic acids is 2. The molecule has 0 fully saturated rings. The van der Waals surface area contributed by atoms with Crippen molar-refractivity contribution in [3.63, 3.8) is 0 Å². The number of esters is 2. The molecule has 0 rings (SSSR count). The smallest absolute Gasteiger partial charge is 0.305 e. The van der Waals surface area contributed by atoms with Crippen LogP contribution in [0.1, 0.15) is 273 Å². The Balaban J connectivity index is 4.11. The van der Waals surface area contributed by atoms with Gasteiger partial charge in [-0.1, -0.05) is 195 Å². The van der Waals surface area contributed by atoms with E-state index in [2.05, 4.69) is 46.4 Å². The number of aliphatic hydroxyl groups is 1. The van der Waals surface area contributed by atoms with E-state index < -0.39 is 0 Å². The maximum absolute atomic E-state index is 12.4. The first kappa shape index (κ1) is 56.9. The van der Waals surface area contributed by atoms with E-state index >= 15 is 0 Å². The Morgan fingerprint density at radius 1 is 0.431 bits per heavy atom. The average molecular weight is 822 g/mol. The van der Waals surface area contributed by atoms with Gasteiger partial charge in [0.15, 0.2) is 0 Å². The number of ether oxygens (including phenoxy) is 2. The van der Waals surface area contributed by atoms with Crippen molar-refractivity contribution in [3.05, 3.63) is 0 Å². The van der Waals surface area contributed by atoms with E-state index in [9.17, 15) is 14.7 Å². The van der Waals surface area contributed by atoms with Gasteiger partial charge in [-0.25, -0.2) is 0 Å². The molecule has 0 heterocycles. The van der Waals surface area contributed by atoms with E-state index in [0.717, 1.165) is 102 Å². The van der Waals surface area contributed by atoms with E-state index in [1.165, 1.54) is 141 Å². The SMILES string of the molecule is CCCCCCC(CCCCCC)CCCOC(=O)CCCCCCCN(CCCCCCCC(=O)OCCCC(CCCCCC)CCCCCC)C(C)(C)CO. The zero-order chi connectivity index (χ0) is 42.8. The first-order valence-corrected chi connectivity index (χ1v) is 25.9. The molecule has 0 aliphatic rings. The normalized spacial score (nSPS) is 12.0. The molecule has 0 amide bonds. The Morgan fingerprint density at radius 3 is 1.05 bits per heavy atom. The fourth-order valence-electron chi connectivity index (χ4n) is 8.59. The summed E-state index contributed by atoms with van der Waals surface area (Å²) in [5, 5.41) is 10.1. The monoisotopic (exact) mass is 822 g/mol. The van der Waals surface area contributed by atoms with Crippen LogP contribution in [0.5, 0.6) is 0 Å². The summed E-state index contributed by atoms with van der Waals surface area (Å²) in [4.78, 5) is 27.2. The van der Waals surface area contributed by atoms with Crippen LogP contribution in [-0.2, 0) is 19.1 Å². The fraction of sp³-hybridized carbons (Fsp3) is 0.962. The minimum atomic E-state index is -0.220. The van der Waals surface area contributed by atoms with Crippen molar-refractivity contribution < 1.29 is 24.2 Å². The Kier molecular flexibility index (Phi) is 41.7. The van der Waals surface area contributed by atoms with E-state index in [0.29, 0.717) is 26.1 Å². The van der Waals surface area contributed by atoms with Crippen molar-refractivity contribution in [2.24, 2.45) is 11.8 Å². The molecule has 0 saturated heterocycles. The highest BCUT2D eigenvalue weighted by molar-refractivity contribution is 5.69. The highest BCUT2D eigenvalue weighted by atomic mass is 16.5. The Labute approximate surface area is 362 Å². The third kappa shape index (κ3) is 36.7. The van der Waals surface area contributed by atoms with Crippen LogP contribution < -0.4 is 0 Å². The minimum Gasteiger partial charge on any atom is -0.466 e. The van der Waals surface area contributed by atoms with Crippen LogP contribution >= 0.6 is 0 Å². The summed E-state index contributed by atoms with van der Waals surface area (Å²) >= 11 is 0. The fourth-order valence-corrected chi connectivity index (χ4v) is 8.59.